The Morgan fingerprint density at radius 1 is 1.25 bits per heavy atom. The topological polar surface area (TPSA) is 42.4 Å². The number of nitrogens with two attached hydrogens (primary N) is 1. The van der Waals surface area contributed by atoms with Gasteiger partial charge in [-0.3, -0.25) is 0 Å². The highest BCUT2D eigenvalue weighted by Crippen LogP contribution is 2.10. The molecule has 0 unspecified atom stereocenters. The van der Waals surface area contributed by atoms with E-state index in [4.69, 9.17) is 4.42 Å². The summed E-state index contributed by atoms with van der Waals surface area (Å²) in [6.07, 6.45) is 8.28. The molecular weight excluding hydrogens is 200 g/mol. The zero-order valence-corrected chi connectivity index (χ0v) is 10.3. The first-order chi connectivity index (χ1) is 7.95. The maximum Gasteiger partial charge on any atom is 0.103 e. The van der Waals surface area contributed by atoms with Crippen molar-refractivity contribution in [3.05, 3.63) is 24.2 Å². The lowest BCUT2D eigenvalue weighted by atomic mass is 10.1. The van der Waals surface area contributed by atoms with E-state index in [0.717, 1.165) is 12.2 Å². The number of aryl methyl sites for hydroxylation is 1. The maximum atomic E-state index is 5.30. The van der Waals surface area contributed by atoms with Gasteiger partial charge >= 0.3 is 0 Å². The van der Waals surface area contributed by atoms with Gasteiger partial charge in [-0.15, -0.1) is 0 Å². The summed E-state index contributed by atoms with van der Waals surface area (Å²) in [4.78, 5) is 2.58. The first kappa shape index (κ1) is 13.3. The van der Waals surface area contributed by atoms with E-state index in [1.807, 2.05) is 6.07 Å². The van der Waals surface area contributed by atoms with E-state index < -0.39 is 0 Å². The Balaban J connectivity index is 0.000000606. The van der Waals surface area contributed by atoms with Gasteiger partial charge in [-0.25, -0.2) is 0 Å². The van der Waals surface area contributed by atoms with Gasteiger partial charge in [0.1, 0.15) is 5.76 Å². The molecule has 0 spiro atoms. The summed E-state index contributed by atoms with van der Waals surface area (Å²) >= 11 is 0. The molecule has 0 saturated carbocycles. The van der Waals surface area contributed by atoms with E-state index in [9.17, 15) is 0 Å². The van der Waals surface area contributed by atoms with Crippen LogP contribution < -0.4 is 5.73 Å². The van der Waals surface area contributed by atoms with Crippen LogP contribution in [0.3, 0.4) is 0 Å². The lowest BCUT2D eigenvalue weighted by molar-refractivity contribution is 0.225. The monoisotopic (exact) mass is 224 g/mol. The Kier molecular flexibility index (Phi) is 6.93. The van der Waals surface area contributed by atoms with Crippen LogP contribution in [0.25, 0.3) is 0 Å². The zero-order valence-electron chi connectivity index (χ0n) is 10.3. The predicted octanol–water partition coefficient (Wildman–Crippen LogP) is 2.27. The molecule has 3 nitrogen and oxygen atoms in total. The van der Waals surface area contributed by atoms with Crippen LogP contribution in [0, 0.1) is 0 Å². The summed E-state index contributed by atoms with van der Waals surface area (Å²) in [5, 5.41) is 0. The van der Waals surface area contributed by atoms with Crippen LogP contribution in [0.2, 0.25) is 0 Å². The highest BCUT2D eigenvalue weighted by atomic mass is 16.3. The first-order valence-electron chi connectivity index (χ1n) is 6.27. The number of nitrogens with zero attached hydrogens (tertiary/aromatic N) is 1. The van der Waals surface area contributed by atoms with E-state index in [0.29, 0.717) is 0 Å². The molecule has 1 saturated heterocycles. The summed E-state index contributed by atoms with van der Waals surface area (Å²) in [6.45, 7) is 3.84. The van der Waals surface area contributed by atoms with Gasteiger partial charge in [-0.2, -0.15) is 0 Å². The Morgan fingerprint density at radius 3 is 2.62 bits per heavy atom. The van der Waals surface area contributed by atoms with E-state index in [1.165, 1.54) is 52.4 Å². The average Bonchev–Trinajstić information content (AvgIpc) is 2.86. The molecule has 2 rings (SSSR count). The predicted molar refractivity (Wildman–Crippen MR) is 67.4 cm³/mol. The second-order valence-electron chi connectivity index (χ2n) is 4.09. The number of piperidine rings is 1. The molecule has 3 heteroatoms. The number of hydrogen-bond donors (Lipinski definition) is 1. The van der Waals surface area contributed by atoms with Crippen molar-refractivity contribution in [3.63, 3.8) is 0 Å². The Hall–Kier alpha value is -0.800. The van der Waals surface area contributed by atoms with E-state index in [2.05, 4.69) is 16.7 Å². The minimum absolute atomic E-state index is 1.09. The van der Waals surface area contributed by atoms with Gasteiger partial charge in [0, 0.05) is 6.42 Å². The summed E-state index contributed by atoms with van der Waals surface area (Å²) in [5.41, 5.74) is 4.50. The molecule has 0 aliphatic carbocycles. The quantitative estimate of drug-likeness (QED) is 0.853. The van der Waals surface area contributed by atoms with Crippen LogP contribution in [0.4, 0.5) is 0 Å². The zero-order chi connectivity index (χ0) is 11.6. The molecule has 92 valence electrons. The third kappa shape index (κ3) is 4.81. The third-order valence-corrected chi connectivity index (χ3v) is 2.93. The van der Waals surface area contributed by atoms with Crippen molar-refractivity contribution in [2.75, 3.05) is 26.7 Å². The molecule has 2 heterocycles. The van der Waals surface area contributed by atoms with Gasteiger partial charge in [0.25, 0.3) is 0 Å². The number of likely N-dealkylation sites (tertiary alicyclic amines) is 1. The molecular formula is C13H24N2O. The molecule has 0 radical (unpaired) electrons. The molecule has 0 amide bonds. The van der Waals surface area contributed by atoms with Crippen molar-refractivity contribution >= 4 is 0 Å². The molecule has 2 N–H and O–H groups in total. The number of furan rings is 1. The van der Waals surface area contributed by atoms with Gasteiger partial charge in [0.05, 0.1) is 6.26 Å². The number of rotatable bonds is 4. The minimum atomic E-state index is 1.09. The summed E-state index contributed by atoms with van der Waals surface area (Å²) in [7, 11) is 1.50. The molecule has 1 fully saturated rings. The SMILES string of the molecule is CN.c1coc(CCCN2CCCCC2)c1. The van der Waals surface area contributed by atoms with Crippen LogP contribution in [0.1, 0.15) is 31.4 Å². The smallest absolute Gasteiger partial charge is 0.103 e. The lowest BCUT2D eigenvalue weighted by Crippen LogP contribution is -2.30. The summed E-state index contributed by atoms with van der Waals surface area (Å²) in [6, 6.07) is 4.03. The fourth-order valence-electron chi connectivity index (χ4n) is 2.11. The highest BCUT2D eigenvalue weighted by Gasteiger charge is 2.09. The van der Waals surface area contributed by atoms with E-state index >= 15 is 0 Å². The normalized spacial score (nSPS) is 16.6. The molecule has 1 aromatic rings. The van der Waals surface area contributed by atoms with E-state index in [-0.39, 0.29) is 0 Å². The highest BCUT2D eigenvalue weighted by molar-refractivity contribution is 4.97. The Bertz CT molecular complexity index is 240. The molecule has 1 aliphatic heterocycles. The van der Waals surface area contributed by atoms with Gasteiger partial charge in [-0.1, -0.05) is 6.42 Å². The fourth-order valence-corrected chi connectivity index (χ4v) is 2.11. The van der Waals surface area contributed by atoms with Gasteiger partial charge in [0.15, 0.2) is 0 Å². The number of hydrogen-bond acceptors (Lipinski definition) is 3. The van der Waals surface area contributed by atoms with Gasteiger partial charge in [-0.05, 0) is 58.1 Å². The van der Waals surface area contributed by atoms with Crippen LogP contribution in [0.15, 0.2) is 22.8 Å². The summed E-state index contributed by atoms with van der Waals surface area (Å²) in [5.74, 6) is 1.13. The minimum Gasteiger partial charge on any atom is -0.469 e. The fraction of sp³-hybridized carbons (Fsp3) is 0.692. The van der Waals surface area contributed by atoms with Crippen molar-refractivity contribution in [1.29, 1.82) is 0 Å². The second-order valence-corrected chi connectivity index (χ2v) is 4.09. The van der Waals surface area contributed by atoms with Crippen LogP contribution in [-0.2, 0) is 6.42 Å². The third-order valence-electron chi connectivity index (χ3n) is 2.93. The van der Waals surface area contributed by atoms with Crippen LogP contribution in [0.5, 0.6) is 0 Å². The first-order valence-corrected chi connectivity index (χ1v) is 6.27. The molecule has 0 atom stereocenters. The van der Waals surface area contributed by atoms with Crippen molar-refractivity contribution in [1.82, 2.24) is 4.90 Å². The molecule has 0 aromatic carbocycles. The molecule has 0 bridgehead atoms. The molecule has 16 heavy (non-hydrogen) atoms. The Labute approximate surface area is 98.6 Å². The molecule has 1 aliphatic rings. The lowest BCUT2D eigenvalue weighted by Gasteiger charge is -2.26. The largest absolute Gasteiger partial charge is 0.469 e. The Morgan fingerprint density at radius 2 is 2.00 bits per heavy atom. The standard InChI is InChI=1S/C12H19NO.CH5N/c1-2-8-13(9-3-1)10-4-6-12-7-5-11-14-12;1-2/h5,7,11H,1-4,6,8-10H2;2H2,1H3. The summed E-state index contributed by atoms with van der Waals surface area (Å²) < 4.78 is 5.30. The maximum absolute atomic E-state index is 5.30. The second kappa shape index (κ2) is 8.36. The van der Waals surface area contributed by atoms with Crippen molar-refractivity contribution in [2.24, 2.45) is 5.73 Å². The van der Waals surface area contributed by atoms with Crippen molar-refractivity contribution in [3.8, 4) is 0 Å². The van der Waals surface area contributed by atoms with E-state index in [1.54, 1.807) is 6.26 Å². The average molecular weight is 224 g/mol. The van der Waals surface area contributed by atoms with Crippen LogP contribution >= 0.6 is 0 Å². The van der Waals surface area contributed by atoms with Crippen molar-refractivity contribution in [2.45, 2.75) is 32.1 Å². The van der Waals surface area contributed by atoms with Crippen molar-refractivity contribution < 1.29 is 4.42 Å². The molecule has 1 aromatic heterocycles. The van der Waals surface area contributed by atoms with Gasteiger partial charge in [0.2, 0.25) is 0 Å². The van der Waals surface area contributed by atoms with Gasteiger partial charge < -0.3 is 15.1 Å². The van der Waals surface area contributed by atoms with Crippen LogP contribution in [-0.4, -0.2) is 31.6 Å².